The van der Waals surface area contributed by atoms with Crippen LogP contribution in [0.15, 0.2) is 24.3 Å². The molecule has 0 unspecified atom stereocenters. The average Bonchev–Trinajstić information content (AvgIpc) is 1.90. The van der Waals surface area contributed by atoms with Gasteiger partial charge in [-0.3, -0.25) is 6.58 Å². The van der Waals surface area contributed by atoms with Crippen LogP contribution in [0.2, 0.25) is 0 Å². The summed E-state index contributed by atoms with van der Waals surface area (Å²) in [5.74, 6) is 0. The molecule has 0 amide bonds. The van der Waals surface area contributed by atoms with E-state index in [-0.39, 0.29) is 18.9 Å². The number of hydrogen-bond donors (Lipinski definition) is 0. The van der Waals surface area contributed by atoms with Gasteiger partial charge in [0.15, 0.2) is 0 Å². The van der Waals surface area contributed by atoms with Gasteiger partial charge in [0.05, 0.1) is 0 Å². The van der Waals surface area contributed by atoms with E-state index in [0.717, 1.165) is 5.56 Å². The molecule has 10 heavy (non-hydrogen) atoms. The molecule has 0 aromatic heterocycles. The predicted octanol–water partition coefficient (Wildman–Crippen LogP) is -0.555. The molecular weight excluding hydrogens is 115 g/mol. The second kappa shape index (κ2) is 4.39. The van der Waals surface area contributed by atoms with E-state index in [1.807, 2.05) is 24.3 Å². The Hall–Kier alpha value is -0.443. The molecule has 46 valence electrons. The van der Waals surface area contributed by atoms with Crippen molar-refractivity contribution >= 4 is 6.08 Å². The van der Waals surface area contributed by atoms with Crippen molar-refractivity contribution in [1.82, 2.24) is 0 Å². The van der Waals surface area contributed by atoms with Gasteiger partial charge in [-0.05, 0) is 6.92 Å². The molecule has 0 atom stereocenters. The zero-order valence-electron chi connectivity index (χ0n) is 6.46. The first kappa shape index (κ1) is 9.56. The molecule has 0 aliphatic heterocycles. The van der Waals surface area contributed by atoms with E-state index in [2.05, 4.69) is 6.92 Å². The molecule has 1 heteroatoms. The van der Waals surface area contributed by atoms with Crippen molar-refractivity contribution in [3.63, 3.8) is 0 Å². The number of aryl methyl sites for hydroxylation is 1. The van der Waals surface area contributed by atoms with E-state index in [1.165, 1.54) is 5.56 Å². The Bertz CT molecular complexity index is 198. The molecule has 0 saturated carbocycles. The van der Waals surface area contributed by atoms with Crippen LogP contribution in [0.25, 0.3) is 6.08 Å². The summed E-state index contributed by atoms with van der Waals surface area (Å²) < 4.78 is 0. The first-order chi connectivity index (χ1) is 4.33. The van der Waals surface area contributed by atoms with Gasteiger partial charge in [0.2, 0.25) is 0 Å². The van der Waals surface area contributed by atoms with Crippen molar-refractivity contribution in [3.05, 3.63) is 42.0 Å². The molecule has 0 aliphatic rings. The van der Waals surface area contributed by atoms with Crippen molar-refractivity contribution in [2.45, 2.75) is 6.92 Å². The maximum absolute atomic E-state index is 5.27. The van der Waals surface area contributed by atoms with Crippen molar-refractivity contribution in [2.24, 2.45) is 0 Å². The van der Waals surface area contributed by atoms with E-state index >= 15 is 0 Å². The van der Waals surface area contributed by atoms with Crippen LogP contribution < -0.4 is 18.9 Å². The third-order valence-electron chi connectivity index (χ3n) is 1.27. The average molecular weight is 124 g/mol. The summed E-state index contributed by atoms with van der Waals surface area (Å²) in [4.78, 5) is 0. The monoisotopic (exact) mass is 124 g/mol. The van der Waals surface area contributed by atoms with Crippen LogP contribution in [0.4, 0.5) is 0 Å². The Morgan fingerprint density at radius 1 is 1.20 bits per heavy atom. The minimum atomic E-state index is 0. The van der Waals surface area contributed by atoms with E-state index in [0.29, 0.717) is 0 Å². The fourth-order valence-corrected chi connectivity index (χ4v) is 0.678. The van der Waals surface area contributed by atoms with Crippen LogP contribution in [0, 0.1) is 13.5 Å². The van der Waals surface area contributed by atoms with Gasteiger partial charge in [0, 0.05) is 0 Å². The summed E-state index contributed by atoms with van der Waals surface area (Å²) in [7, 11) is 0. The van der Waals surface area contributed by atoms with Gasteiger partial charge in [0.1, 0.15) is 0 Å². The fourth-order valence-electron chi connectivity index (χ4n) is 0.678. The summed E-state index contributed by atoms with van der Waals surface area (Å²) in [6, 6.07) is 8.07. The number of hydrogen-bond acceptors (Lipinski definition) is 0. The van der Waals surface area contributed by atoms with Crippen LogP contribution in [-0.2, 0) is 0 Å². The molecule has 0 spiro atoms. The Labute approximate surface area is 74.1 Å². The van der Waals surface area contributed by atoms with Crippen LogP contribution in [0.5, 0.6) is 0 Å². The Kier molecular flexibility index (Phi) is 4.19. The second-order valence-corrected chi connectivity index (χ2v) is 2.08. The minimum absolute atomic E-state index is 0. The van der Waals surface area contributed by atoms with E-state index in [9.17, 15) is 0 Å². The fraction of sp³-hybridized carbons (Fsp3) is 0.111. The minimum Gasteiger partial charge on any atom is -0.292 e. The topological polar surface area (TPSA) is 0 Å². The van der Waals surface area contributed by atoms with Gasteiger partial charge in [-0.1, -0.05) is 17.7 Å². The second-order valence-electron chi connectivity index (χ2n) is 2.08. The SMILES string of the molecule is [CH-]=Cc1ccc(C)cc1.[Li+]. The molecule has 1 aromatic carbocycles. The zero-order chi connectivity index (χ0) is 6.69. The molecular formula is C9H9Li. The van der Waals surface area contributed by atoms with Gasteiger partial charge < -0.3 is 0 Å². The summed E-state index contributed by atoms with van der Waals surface area (Å²) >= 11 is 0. The zero-order valence-corrected chi connectivity index (χ0v) is 6.46. The van der Waals surface area contributed by atoms with Crippen molar-refractivity contribution in [3.8, 4) is 0 Å². The molecule has 0 N–H and O–H groups in total. The Morgan fingerprint density at radius 2 is 1.70 bits per heavy atom. The molecule has 0 radical (unpaired) electrons. The van der Waals surface area contributed by atoms with Gasteiger partial charge in [-0.2, -0.15) is 5.56 Å². The molecule has 0 fully saturated rings. The van der Waals surface area contributed by atoms with Gasteiger partial charge in [-0.25, -0.2) is 6.08 Å². The van der Waals surface area contributed by atoms with Crippen LogP contribution >= 0.6 is 0 Å². The van der Waals surface area contributed by atoms with Crippen LogP contribution in [0.3, 0.4) is 0 Å². The molecule has 0 saturated heterocycles. The summed E-state index contributed by atoms with van der Waals surface area (Å²) in [5.41, 5.74) is 2.33. The molecule has 0 heterocycles. The Balaban J connectivity index is 0.000000810. The third kappa shape index (κ3) is 2.43. The van der Waals surface area contributed by atoms with Gasteiger partial charge in [0.25, 0.3) is 0 Å². The van der Waals surface area contributed by atoms with E-state index < -0.39 is 0 Å². The van der Waals surface area contributed by atoms with Crippen LogP contribution in [-0.4, -0.2) is 0 Å². The van der Waals surface area contributed by atoms with E-state index in [4.69, 9.17) is 6.58 Å². The summed E-state index contributed by atoms with van der Waals surface area (Å²) in [6.45, 7) is 7.33. The Morgan fingerprint density at radius 3 is 2.10 bits per heavy atom. The molecule has 0 bridgehead atoms. The standard InChI is InChI=1S/C9H9.Li/c1-3-9-6-4-8(2)5-7-9;/h1,3-7H,2H3;/q-1;+1. The van der Waals surface area contributed by atoms with Crippen LogP contribution in [0.1, 0.15) is 11.1 Å². The van der Waals surface area contributed by atoms with Gasteiger partial charge >= 0.3 is 18.9 Å². The molecule has 0 nitrogen and oxygen atoms in total. The summed E-state index contributed by atoms with van der Waals surface area (Å²) in [6.07, 6.45) is 1.60. The van der Waals surface area contributed by atoms with Crippen molar-refractivity contribution in [1.29, 1.82) is 0 Å². The predicted molar refractivity (Wildman–Crippen MR) is 39.9 cm³/mol. The summed E-state index contributed by atoms with van der Waals surface area (Å²) in [5, 5.41) is 0. The number of benzene rings is 1. The largest absolute Gasteiger partial charge is 1.00 e. The van der Waals surface area contributed by atoms with Gasteiger partial charge in [-0.15, -0.1) is 12.1 Å². The third-order valence-corrected chi connectivity index (χ3v) is 1.27. The number of rotatable bonds is 1. The van der Waals surface area contributed by atoms with Crippen molar-refractivity contribution < 1.29 is 18.9 Å². The quantitative estimate of drug-likeness (QED) is 0.348. The maximum atomic E-state index is 5.27. The first-order valence-corrected chi connectivity index (χ1v) is 2.94. The molecule has 1 aromatic rings. The van der Waals surface area contributed by atoms with E-state index in [1.54, 1.807) is 6.08 Å². The molecule has 1 rings (SSSR count). The van der Waals surface area contributed by atoms with Crippen molar-refractivity contribution in [2.75, 3.05) is 0 Å². The smallest absolute Gasteiger partial charge is 0.292 e. The first-order valence-electron chi connectivity index (χ1n) is 2.94. The maximum Gasteiger partial charge on any atom is 1.00 e. The normalized spacial score (nSPS) is 8.10. The molecule has 0 aliphatic carbocycles.